The van der Waals surface area contributed by atoms with Crippen molar-refractivity contribution in [2.75, 3.05) is 13.2 Å². The first-order valence-electron chi connectivity index (χ1n) is 7.05. The molecule has 2 atom stereocenters. The van der Waals surface area contributed by atoms with Crippen molar-refractivity contribution in [2.45, 2.75) is 18.6 Å². The molecule has 2 aromatic rings. The Hall–Kier alpha value is -1.63. The van der Waals surface area contributed by atoms with Crippen LogP contribution in [0.15, 0.2) is 34.8 Å². The van der Waals surface area contributed by atoms with Crippen LogP contribution in [0.1, 0.15) is 16.8 Å². The van der Waals surface area contributed by atoms with Gasteiger partial charge in [0.15, 0.2) is 0 Å². The summed E-state index contributed by atoms with van der Waals surface area (Å²) < 4.78 is 6.00. The van der Waals surface area contributed by atoms with Crippen LogP contribution < -0.4 is 5.32 Å². The Balaban J connectivity index is 1.92. The Kier molecular flexibility index (Phi) is 4.33. The summed E-state index contributed by atoms with van der Waals surface area (Å²) in [7, 11) is 0. The average Bonchev–Trinajstić information content (AvgIpc) is 2.53. The Labute approximate surface area is 136 Å². The van der Waals surface area contributed by atoms with E-state index < -0.39 is 18.1 Å². The standard InChI is InChI=1S/C16H16BrNO4/c17-12-7-11(15(20)10-4-2-1-3-9(10)12)16(21)18-13-8-22-6-5-14(13)19/h1-4,7,13-14,19-20H,5-6,8H2,(H,18,21)/t13-,14-/m1/s1. The van der Waals surface area contributed by atoms with Gasteiger partial charge in [0.25, 0.3) is 5.91 Å². The van der Waals surface area contributed by atoms with Gasteiger partial charge in [0.05, 0.1) is 24.3 Å². The minimum absolute atomic E-state index is 0.0671. The molecule has 0 bridgehead atoms. The summed E-state index contributed by atoms with van der Waals surface area (Å²) in [4.78, 5) is 12.4. The van der Waals surface area contributed by atoms with Crippen LogP contribution in [0.2, 0.25) is 0 Å². The lowest BCUT2D eigenvalue weighted by Crippen LogP contribution is -2.49. The lowest BCUT2D eigenvalue weighted by molar-refractivity contribution is -0.0140. The zero-order valence-corrected chi connectivity index (χ0v) is 13.3. The topological polar surface area (TPSA) is 78.8 Å². The first-order valence-corrected chi connectivity index (χ1v) is 7.84. The van der Waals surface area contributed by atoms with E-state index in [1.54, 1.807) is 18.2 Å². The van der Waals surface area contributed by atoms with Crippen molar-refractivity contribution in [3.8, 4) is 5.75 Å². The van der Waals surface area contributed by atoms with E-state index in [1.807, 2.05) is 12.1 Å². The minimum atomic E-state index is -0.635. The number of fused-ring (bicyclic) bond motifs is 1. The molecule has 1 aliphatic heterocycles. The Morgan fingerprint density at radius 1 is 1.32 bits per heavy atom. The molecule has 6 heteroatoms. The maximum absolute atomic E-state index is 12.4. The molecule has 1 heterocycles. The molecule has 0 aromatic heterocycles. The summed E-state index contributed by atoms with van der Waals surface area (Å²) in [5.74, 6) is -0.499. The zero-order valence-electron chi connectivity index (χ0n) is 11.8. The van der Waals surface area contributed by atoms with Gasteiger partial charge in [-0.15, -0.1) is 0 Å². The van der Waals surface area contributed by atoms with Crippen molar-refractivity contribution in [1.82, 2.24) is 5.32 Å². The zero-order chi connectivity index (χ0) is 15.7. The number of aliphatic hydroxyl groups excluding tert-OH is 1. The molecule has 0 saturated carbocycles. The van der Waals surface area contributed by atoms with Crippen molar-refractivity contribution in [1.29, 1.82) is 0 Å². The highest BCUT2D eigenvalue weighted by atomic mass is 79.9. The number of hydrogen-bond donors (Lipinski definition) is 3. The minimum Gasteiger partial charge on any atom is -0.506 e. The summed E-state index contributed by atoms with van der Waals surface area (Å²) in [6.07, 6.45) is -0.151. The molecule has 0 spiro atoms. The number of amides is 1. The average molecular weight is 366 g/mol. The fourth-order valence-electron chi connectivity index (χ4n) is 2.60. The number of rotatable bonds is 2. The number of aliphatic hydroxyl groups is 1. The van der Waals surface area contributed by atoms with E-state index >= 15 is 0 Å². The summed E-state index contributed by atoms with van der Waals surface area (Å²) >= 11 is 3.42. The van der Waals surface area contributed by atoms with Crippen molar-refractivity contribution in [2.24, 2.45) is 0 Å². The summed E-state index contributed by atoms with van der Waals surface area (Å²) in [6, 6.07) is 8.40. The summed E-state index contributed by atoms with van der Waals surface area (Å²) in [5.41, 5.74) is 0.170. The van der Waals surface area contributed by atoms with Crippen LogP contribution in [0.3, 0.4) is 0 Å². The fraction of sp³-hybridized carbons (Fsp3) is 0.312. The van der Waals surface area contributed by atoms with Gasteiger partial charge in [-0.05, 0) is 17.9 Å². The van der Waals surface area contributed by atoms with E-state index in [2.05, 4.69) is 21.2 Å². The Morgan fingerprint density at radius 2 is 2.05 bits per heavy atom. The van der Waals surface area contributed by atoms with Gasteiger partial charge in [-0.25, -0.2) is 0 Å². The van der Waals surface area contributed by atoms with E-state index in [4.69, 9.17) is 4.74 Å². The molecule has 1 amide bonds. The first kappa shape index (κ1) is 15.3. The molecule has 2 aromatic carbocycles. The maximum atomic E-state index is 12.4. The lowest BCUT2D eigenvalue weighted by Gasteiger charge is -2.28. The number of ether oxygens (including phenoxy) is 1. The molecular formula is C16H16BrNO4. The number of carbonyl (C=O) groups excluding carboxylic acids is 1. The second kappa shape index (κ2) is 6.24. The molecular weight excluding hydrogens is 350 g/mol. The van der Waals surface area contributed by atoms with Crippen molar-refractivity contribution < 1.29 is 19.7 Å². The largest absolute Gasteiger partial charge is 0.506 e. The number of carbonyl (C=O) groups is 1. The number of nitrogens with one attached hydrogen (secondary N) is 1. The SMILES string of the molecule is O=C(N[C@@H]1COCC[C@H]1O)c1cc(Br)c2ccccc2c1O. The summed E-state index contributed by atoms with van der Waals surface area (Å²) in [5, 5.41) is 24.4. The van der Waals surface area contributed by atoms with E-state index in [0.29, 0.717) is 18.4 Å². The van der Waals surface area contributed by atoms with Gasteiger partial charge in [0.2, 0.25) is 0 Å². The van der Waals surface area contributed by atoms with E-state index in [9.17, 15) is 15.0 Å². The predicted molar refractivity (Wildman–Crippen MR) is 86.0 cm³/mol. The number of aromatic hydroxyl groups is 1. The van der Waals surface area contributed by atoms with Crippen LogP contribution in [0.4, 0.5) is 0 Å². The van der Waals surface area contributed by atoms with Gasteiger partial charge in [-0.1, -0.05) is 40.2 Å². The van der Waals surface area contributed by atoms with Crippen LogP contribution in [0, 0.1) is 0 Å². The Morgan fingerprint density at radius 3 is 2.77 bits per heavy atom. The molecule has 22 heavy (non-hydrogen) atoms. The van der Waals surface area contributed by atoms with Crippen LogP contribution in [0.5, 0.6) is 5.75 Å². The number of phenolic OH excluding ortho intramolecular Hbond substituents is 1. The molecule has 116 valence electrons. The predicted octanol–water partition coefficient (Wildman–Crippen LogP) is 2.19. The monoisotopic (exact) mass is 365 g/mol. The summed E-state index contributed by atoms with van der Waals surface area (Å²) in [6.45, 7) is 0.753. The molecule has 0 unspecified atom stereocenters. The van der Waals surface area contributed by atoms with Gasteiger partial charge < -0.3 is 20.3 Å². The number of hydrogen-bond acceptors (Lipinski definition) is 4. The highest BCUT2D eigenvalue weighted by molar-refractivity contribution is 9.10. The third-order valence-electron chi connectivity index (χ3n) is 3.85. The van der Waals surface area contributed by atoms with E-state index in [1.165, 1.54) is 0 Å². The van der Waals surface area contributed by atoms with Crippen molar-refractivity contribution in [3.63, 3.8) is 0 Å². The van der Waals surface area contributed by atoms with Gasteiger partial charge in [-0.3, -0.25) is 4.79 Å². The molecule has 3 N–H and O–H groups in total. The third kappa shape index (κ3) is 2.82. The first-order chi connectivity index (χ1) is 10.6. The smallest absolute Gasteiger partial charge is 0.255 e. The van der Waals surface area contributed by atoms with Gasteiger partial charge in [-0.2, -0.15) is 0 Å². The van der Waals surface area contributed by atoms with Crippen molar-refractivity contribution >= 4 is 32.6 Å². The van der Waals surface area contributed by atoms with Crippen molar-refractivity contribution in [3.05, 3.63) is 40.4 Å². The van der Waals surface area contributed by atoms with Crippen LogP contribution in [-0.4, -0.2) is 41.5 Å². The van der Waals surface area contributed by atoms with Crippen LogP contribution in [0.25, 0.3) is 10.8 Å². The van der Waals surface area contributed by atoms with Gasteiger partial charge >= 0.3 is 0 Å². The quantitative estimate of drug-likeness (QED) is 0.762. The number of benzene rings is 2. The van der Waals surface area contributed by atoms with Gasteiger partial charge in [0, 0.05) is 16.5 Å². The maximum Gasteiger partial charge on any atom is 0.255 e. The Bertz CT molecular complexity index is 719. The molecule has 1 saturated heterocycles. The second-order valence-corrected chi connectivity index (χ2v) is 6.17. The fourth-order valence-corrected chi connectivity index (χ4v) is 3.17. The number of phenols is 1. The van der Waals surface area contributed by atoms with E-state index in [-0.39, 0.29) is 17.9 Å². The molecule has 1 fully saturated rings. The third-order valence-corrected chi connectivity index (χ3v) is 4.50. The van der Waals surface area contributed by atoms with Crippen LogP contribution >= 0.6 is 15.9 Å². The lowest BCUT2D eigenvalue weighted by atomic mass is 10.0. The normalized spacial score (nSPS) is 21.7. The molecule has 0 aliphatic carbocycles. The molecule has 0 radical (unpaired) electrons. The highest BCUT2D eigenvalue weighted by Gasteiger charge is 2.27. The van der Waals surface area contributed by atoms with E-state index in [0.717, 1.165) is 9.86 Å². The van der Waals surface area contributed by atoms with Crippen LogP contribution in [-0.2, 0) is 4.74 Å². The van der Waals surface area contributed by atoms with Gasteiger partial charge in [0.1, 0.15) is 5.75 Å². The molecule has 1 aliphatic rings. The second-order valence-electron chi connectivity index (χ2n) is 5.31. The molecule has 5 nitrogen and oxygen atoms in total. The molecule has 3 rings (SSSR count). The highest BCUT2D eigenvalue weighted by Crippen LogP contribution is 2.34. The number of halogens is 1.